The summed E-state index contributed by atoms with van der Waals surface area (Å²) in [6.45, 7) is 7.31. The molecule has 0 aliphatic rings. The fraction of sp³-hybridized carbons (Fsp3) is 0.389. The quantitative estimate of drug-likeness (QED) is 0.630. The summed E-state index contributed by atoms with van der Waals surface area (Å²) in [6.07, 6.45) is 0.489. The summed E-state index contributed by atoms with van der Waals surface area (Å²) in [5, 5.41) is 11.9. The second kappa shape index (κ2) is 8.85. The highest BCUT2D eigenvalue weighted by Gasteiger charge is 2.22. The van der Waals surface area contributed by atoms with Crippen LogP contribution < -0.4 is 11.1 Å². The zero-order valence-corrected chi connectivity index (χ0v) is 15.0. The summed E-state index contributed by atoms with van der Waals surface area (Å²) in [7, 11) is 0. The van der Waals surface area contributed by atoms with Gasteiger partial charge in [-0.1, -0.05) is 18.2 Å². The van der Waals surface area contributed by atoms with Gasteiger partial charge in [-0.3, -0.25) is 9.69 Å². The minimum Gasteiger partial charge on any atom is -0.443 e. The number of rotatable bonds is 5. The Bertz CT molecular complexity index is 699. The number of carbonyl (C=O) groups excluding carboxylic acids is 2. The molecule has 134 valence electrons. The first kappa shape index (κ1) is 20.2. The summed E-state index contributed by atoms with van der Waals surface area (Å²) < 4.78 is 5.26. The van der Waals surface area contributed by atoms with Crippen LogP contribution in [-0.2, 0) is 9.53 Å². The zero-order valence-electron chi connectivity index (χ0n) is 15.0. The Hall–Kier alpha value is -2.85. The molecule has 25 heavy (non-hydrogen) atoms. The summed E-state index contributed by atoms with van der Waals surface area (Å²) in [6, 6.07) is 9.00. The van der Waals surface area contributed by atoms with Crippen LogP contribution in [0.5, 0.6) is 0 Å². The number of hydrogen-bond acceptors (Lipinski definition) is 5. The van der Waals surface area contributed by atoms with E-state index in [9.17, 15) is 14.9 Å². The molecule has 0 aliphatic carbocycles. The maximum Gasteiger partial charge on any atom is 0.414 e. The Morgan fingerprint density at radius 3 is 2.52 bits per heavy atom. The van der Waals surface area contributed by atoms with Crippen molar-refractivity contribution in [1.82, 2.24) is 4.90 Å². The Labute approximate surface area is 148 Å². The van der Waals surface area contributed by atoms with Crippen molar-refractivity contribution in [2.24, 2.45) is 5.73 Å². The van der Waals surface area contributed by atoms with E-state index >= 15 is 0 Å². The SMILES string of the molecule is Cc1ccccc1NC(=O)/C(C#N)=C\N(CCN)C(=O)OC(C)(C)C. The monoisotopic (exact) mass is 344 g/mol. The van der Waals surface area contributed by atoms with Gasteiger partial charge in [0.25, 0.3) is 5.91 Å². The van der Waals surface area contributed by atoms with Crippen LogP contribution in [-0.4, -0.2) is 35.6 Å². The van der Waals surface area contributed by atoms with Crippen molar-refractivity contribution in [3.8, 4) is 6.07 Å². The molecule has 0 unspecified atom stereocenters. The molecule has 1 aromatic rings. The van der Waals surface area contributed by atoms with Crippen molar-refractivity contribution in [3.63, 3.8) is 0 Å². The third kappa shape index (κ3) is 6.65. The average Bonchev–Trinajstić information content (AvgIpc) is 2.51. The average molecular weight is 344 g/mol. The Morgan fingerprint density at radius 1 is 1.36 bits per heavy atom. The minimum absolute atomic E-state index is 0.123. The molecular formula is C18H24N4O3. The molecule has 0 heterocycles. The molecule has 1 aromatic carbocycles. The number of nitrogens with zero attached hydrogens (tertiary/aromatic N) is 2. The summed E-state index contributed by atoms with van der Waals surface area (Å²) in [4.78, 5) is 25.7. The molecule has 0 bridgehead atoms. The first-order valence-corrected chi connectivity index (χ1v) is 7.86. The molecule has 0 fully saturated rings. The number of nitrogens with one attached hydrogen (secondary N) is 1. The molecule has 7 heteroatoms. The van der Waals surface area contributed by atoms with Crippen molar-refractivity contribution in [2.45, 2.75) is 33.3 Å². The van der Waals surface area contributed by atoms with Gasteiger partial charge >= 0.3 is 6.09 Å². The molecule has 0 saturated carbocycles. The van der Waals surface area contributed by atoms with Gasteiger partial charge in [0.1, 0.15) is 17.2 Å². The third-order valence-corrected chi connectivity index (χ3v) is 3.04. The van der Waals surface area contributed by atoms with E-state index in [0.29, 0.717) is 5.69 Å². The van der Waals surface area contributed by atoms with E-state index in [0.717, 1.165) is 16.7 Å². The number of hydrogen-bond donors (Lipinski definition) is 2. The highest BCUT2D eigenvalue weighted by Crippen LogP contribution is 2.15. The third-order valence-electron chi connectivity index (χ3n) is 3.04. The van der Waals surface area contributed by atoms with E-state index in [4.69, 9.17) is 10.5 Å². The van der Waals surface area contributed by atoms with Gasteiger partial charge in [0.15, 0.2) is 0 Å². The van der Waals surface area contributed by atoms with Crippen LogP contribution in [0.25, 0.3) is 0 Å². The van der Waals surface area contributed by atoms with E-state index in [1.165, 1.54) is 0 Å². The molecule has 0 saturated heterocycles. The lowest BCUT2D eigenvalue weighted by Gasteiger charge is -2.25. The van der Waals surface area contributed by atoms with E-state index in [-0.39, 0.29) is 18.7 Å². The number of nitrogens with two attached hydrogens (primary N) is 1. The van der Waals surface area contributed by atoms with Crippen LogP contribution >= 0.6 is 0 Å². The second-order valence-corrected chi connectivity index (χ2v) is 6.39. The first-order chi connectivity index (χ1) is 11.7. The van der Waals surface area contributed by atoms with Crippen molar-refractivity contribution < 1.29 is 14.3 Å². The van der Waals surface area contributed by atoms with Gasteiger partial charge in [-0.15, -0.1) is 0 Å². The molecular weight excluding hydrogens is 320 g/mol. The van der Waals surface area contributed by atoms with Crippen LogP contribution in [0.1, 0.15) is 26.3 Å². The molecule has 0 aromatic heterocycles. The standard InChI is InChI=1S/C18H24N4O3/c1-13-7-5-6-8-15(13)21-16(23)14(11-20)12-22(10-9-19)17(24)25-18(2,3)4/h5-8,12H,9-10,19H2,1-4H3,(H,21,23)/b14-12-. The van der Waals surface area contributed by atoms with Crippen LogP contribution in [0.3, 0.4) is 0 Å². The van der Waals surface area contributed by atoms with Gasteiger partial charge in [0.05, 0.1) is 0 Å². The molecule has 7 nitrogen and oxygen atoms in total. The van der Waals surface area contributed by atoms with E-state index < -0.39 is 17.6 Å². The Kier molecular flexibility index (Phi) is 7.15. The van der Waals surface area contributed by atoms with Crippen molar-refractivity contribution in [2.75, 3.05) is 18.4 Å². The van der Waals surface area contributed by atoms with Crippen molar-refractivity contribution >= 4 is 17.7 Å². The van der Waals surface area contributed by atoms with E-state index in [1.54, 1.807) is 39.0 Å². The van der Waals surface area contributed by atoms with Gasteiger partial charge in [-0.2, -0.15) is 5.26 Å². The number of ether oxygens (including phenoxy) is 1. The van der Waals surface area contributed by atoms with Crippen LogP contribution in [0, 0.1) is 18.3 Å². The number of benzene rings is 1. The lowest BCUT2D eigenvalue weighted by atomic mass is 10.2. The first-order valence-electron chi connectivity index (χ1n) is 7.86. The van der Waals surface area contributed by atoms with Crippen molar-refractivity contribution in [3.05, 3.63) is 41.6 Å². The summed E-state index contributed by atoms with van der Waals surface area (Å²) in [5.41, 5.74) is 6.04. The van der Waals surface area contributed by atoms with Crippen LogP contribution in [0.15, 0.2) is 36.0 Å². The molecule has 0 spiro atoms. The largest absolute Gasteiger partial charge is 0.443 e. The lowest BCUT2D eigenvalue weighted by molar-refractivity contribution is -0.112. The van der Waals surface area contributed by atoms with Gasteiger partial charge in [0, 0.05) is 25.0 Å². The molecule has 3 N–H and O–H groups in total. The Balaban J connectivity index is 3.00. The van der Waals surface area contributed by atoms with Crippen LogP contribution in [0.2, 0.25) is 0 Å². The number of nitriles is 1. The number of amides is 2. The van der Waals surface area contributed by atoms with Crippen molar-refractivity contribution in [1.29, 1.82) is 5.26 Å². The zero-order chi connectivity index (χ0) is 19.0. The number of anilines is 1. The molecule has 0 aliphatic heterocycles. The summed E-state index contributed by atoms with van der Waals surface area (Å²) >= 11 is 0. The highest BCUT2D eigenvalue weighted by molar-refractivity contribution is 6.07. The molecule has 1 rings (SSSR count). The minimum atomic E-state index is -0.700. The maximum atomic E-state index is 12.3. The fourth-order valence-corrected chi connectivity index (χ4v) is 1.87. The molecule has 0 radical (unpaired) electrons. The maximum absolute atomic E-state index is 12.3. The second-order valence-electron chi connectivity index (χ2n) is 6.39. The molecule has 0 atom stereocenters. The van der Waals surface area contributed by atoms with E-state index in [2.05, 4.69) is 5.32 Å². The Morgan fingerprint density at radius 2 is 2.00 bits per heavy atom. The topological polar surface area (TPSA) is 108 Å². The smallest absolute Gasteiger partial charge is 0.414 e. The predicted octanol–water partition coefficient (Wildman–Crippen LogP) is 2.54. The molecule has 2 amide bonds. The van der Waals surface area contributed by atoms with Gasteiger partial charge in [-0.25, -0.2) is 4.79 Å². The fourth-order valence-electron chi connectivity index (χ4n) is 1.87. The lowest BCUT2D eigenvalue weighted by Crippen LogP contribution is -2.37. The highest BCUT2D eigenvalue weighted by atomic mass is 16.6. The van der Waals surface area contributed by atoms with Gasteiger partial charge in [-0.05, 0) is 39.3 Å². The summed E-state index contributed by atoms with van der Waals surface area (Å²) in [5.74, 6) is -0.609. The predicted molar refractivity (Wildman–Crippen MR) is 95.5 cm³/mol. The van der Waals surface area contributed by atoms with Crippen LogP contribution in [0.4, 0.5) is 10.5 Å². The van der Waals surface area contributed by atoms with Gasteiger partial charge in [0.2, 0.25) is 0 Å². The normalized spacial score (nSPS) is 11.4. The van der Waals surface area contributed by atoms with E-state index in [1.807, 2.05) is 19.1 Å². The van der Waals surface area contributed by atoms with Gasteiger partial charge < -0.3 is 15.8 Å². The number of para-hydroxylation sites is 1. The number of carbonyl (C=O) groups is 2. The number of aryl methyl sites for hydroxylation is 1.